The summed E-state index contributed by atoms with van der Waals surface area (Å²) in [5.41, 5.74) is 0.468. The van der Waals surface area contributed by atoms with Gasteiger partial charge < -0.3 is 10.1 Å². The summed E-state index contributed by atoms with van der Waals surface area (Å²) in [5.74, 6) is 0. The van der Waals surface area contributed by atoms with Crippen LogP contribution in [0.5, 0.6) is 0 Å². The largest absolute Gasteiger partial charge is 0.372 e. The van der Waals surface area contributed by atoms with Crippen molar-refractivity contribution < 1.29 is 4.74 Å². The van der Waals surface area contributed by atoms with Crippen molar-refractivity contribution in [2.45, 2.75) is 95.8 Å². The van der Waals surface area contributed by atoms with Crippen LogP contribution in [-0.2, 0) is 4.74 Å². The summed E-state index contributed by atoms with van der Waals surface area (Å²) >= 11 is 0. The van der Waals surface area contributed by atoms with Crippen LogP contribution in [0.4, 0.5) is 0 Å². The van der Waals surface area contributed by atoms with Gasteiger partial charge in [0.2, 0.25) is 0 Å². The Morgan fingerprint density at radius 3 is 2.22 bits per heavy atom. The molecule has 106 valence electrons. The summed E-state index contributed by atoms with van der Waals surface area (Å²) in [6.45, 7) is 7.81. The van der Waals surface area contributed by atoms with E-state index in [0.29, 0.717) is 6.10 Å². The third-order valence-corrected chi connectivity index (χ3v) is 4.47. The first-order valence-electron chi connectivity index (χ1n) is 7.92. The van der Waals surface area contributed by atoms with Crippen molar-refractivity contribution in [1.82, 2.24) is 5.32 Å². The van der Waals surface area contributed by atoms with E-state index in [1.54, 1.807) is 0 Å². The molecule has 1 N–H and O–H groups in total. The smallest absolute Gasteiger partial charge is 0.0698 e. The van der Waals surface area contributed by atoms with Gasteiger partial charge in [-0.2, -0.15) is 0 Å². The molecule has 0 aromatic carbocycles. The fraction of sp³-hybridized carbons (Fsp3) is 1.00. The predicted octanol–water partition coefficient (Wildman–Crippen LogP) is 4.04. The molecular formula is C16H31NO. The fourth-order valence-electron chi connectivity index (χ4n) is 3.20. The summed E-state index contributed by atoms with van der Waals surface area (Å²) in [6.07, 6.45) is 12.5. The summed E-state index contributed by atoms with van der Waals surface area (Å²) in [7, 11) is 0. The molecule has 0 radical (unpaired) electrons. The second-order valence-electron chi connectivity index (χ2n) is 7.34. The number of hydrogen-bond donors (Lipinski definition) is 1. The predicted molar refractivity (Wildman–Crippen MR) is 76.9 cm³/mol. The maximum Gasteiger partial charge on any atom is 0.0698 e. The Labute approximate surface area is 113 Å². The van der Waals surface area contributed by atoms with E-state index in [1.807, 2.05) is 0 Å². The van der Waals surface area contributed by atoms with Crippen molar-refractivity contribution in [1.29, 1.82) is 0 Å². The van der Waals surface area contributed by atoms with Crippen LogP contribution in [0.15, 0.2) is 0 Å². The Hall–Kier alpha value is -0.0800. The van der Waals surface area contributed by atoms with E-state index in [9.17, 15) is 0 Å². The Morgan fingerprint density at radius 1 is 1.06 bits per heavy atom. The molecule has 0 saturated heterocycles. The van der Waals surface area contributed by atoms with Crippen molar-refractivity contribution in [3.63, 3.8) is 0 Å². The molecule has 2 saturated carbocycles. The highest BCUT2D eigenvalue weighted by Gasteiger charge is 2.39. The molecule has 2 aliphatic carbocycles. The van der Waals surface area contributed by atoms with Crippen LogP contribution in [0.1, 0.15) is 78.6 Å². The van der Waals surface area contributed by atoms with Crippen LogP contribution in [0.2, 0.25) is 0 Å². The molecule has 0 atom stereocenters. The SMILES string of the molecule is CC(C)(C)NCCC1(OC2CCCCC2)CCC1. The van der Waals surface area contributed by atoms with E-state index >= 15 is 0 Å². The van der Waals surface area contributed by atoms with Crippen molar-refractivity contribution >= 4 is 0 Å². The molecule has 2 nitrogen and oxygen atoms in total. The molecule has 0 spiro atoms. The Morgan fingerprint density at radius 2 is 1.72 bits per heavy atom. The summed E-state index contributed by atoms with van der Waals surface area (Å²) in [6, 6.07) is 0. The third kappa shape index (κ3) is 4.24. The highest BCUT2D eigenvalue weighted by molar-refractivity contribution is 4.92. The molecule has 0 amide bonds. The Bertz CT molecular complexity index is 246. The van der Waals surface area contributed by atoms with Crippen LogP contribution in [0, 0.1) is 0 Å². The van der Waals surface area contributed by atoms with Gasteiger partial charge in [-0.15, -0.1) is 0 Å². The van der Waals surface area contributed by atoms with E-state index < -0.39 is 0 Å². The summed E-state index contributed by atoms with van der Waals surface area (Å²) in [4.78, 5) is 0. The lowest BCUT2D eigenvalue weighted by Gasteiger charge is -2.45. The molecule has 0 bridgehead atoms. The molecular weight excluding hydrogens is 222 g/mol. The topological polar surface area (TPSA) is 21.3 Å². The first-order chi connectivity index (χ1) is 8.49. The molecule has 18 heavy (non-hydrogen) atoms. The van der Waals surface area contributed by atoms with Gasteiger partial charge >= 0.3 is 0 Å². The van der Waals surface area contributed by atoms with Gasteiger partial charge in [-0.3, -0.25) is 0 Å². The fourth-order valence-corrected chi connectivity index (χ4v) is 3.20. The molecule has 2 heteroatoms. The maximum absolute atomic E-state index is 6.49. The van der Waals surface area contributed by atoms with Gasteiger partial charge in [-0.1, -0.05) is 19.3 Å². The minimum absolute atomic E-state index is 0.232. The zero-order valence-corrected chi connectivity index (χ0v) is 12.6. The lowest BCUT2D eigenvalue weighted by atomic mass is 9.77. The first kappa shape index (κ1) is 14.3. The van der Waals surface area contributed by atoms with E-state index in [-0.39, 0.29) is 11.1 Å². The molecule has 0 heterocycles. The summed E-state index contributed by atoms with van der Waals surface area (Å²) < 4.78 is 6.49. The molecule has 0 aliphatic heterocycles. The first-order valence-corrected chi connectivity index (χ1v) is 7.92. The molecule has 2 fully saturated rings. The van der Waals surface area contributed by atoms with Crippen LogP contribution in [-0.4, -0.2) is 23.8 Å². The van der Waals surface area contributed by atoms with Crippen molar-refractivity contribution in [3.8, 4) is 0 Å². The second-order valence-corrected chi connectivity index (χ2v) is 7.34. The van der Waals surface area contributed by atoms with Gasteiger partial charge in [0.25, 0.3) is 0 Å². The van der Waals surface area contributed by atoms with Crippen LogP contribution < -0.4 is 5.32 Å². The monoisotopic (exact) mass is 253 g/mol. The van der Waals surface area contributed by atoms with Gasteiger partial charge in [0.15, 0.2) is 0 Å². The van der Waals surface area contributed by atoms with Crippen LogP contribution in [0.3, 0.4) is 0 Å². The van der Waals surface area contributed by atoms with E-state index in [0.717, 1.165) is 6.54 Å². The van der Waals surface area contributed by atoms with Gasteiger partial charge in [-0.05, 0) is 65.8 Å². The minimum atomic E-state index is 0.232. The lowest BCUT2D eigenvalue weighted by Crippen LogP contribution is -2.47. The van der Waals surface area contributed by atoms with Crippen molar-refractivity contribution in [2.75, 3.05) is 6.54 Å². The number of nitrogens with one attached hydrogen (secondary N) is 1. The molecule has 0 aromatic heterocycles. The van der Waals surface area contributed by atoms with Gasteiger partial charge in [0.05, 0.1) is 11.7 Å². The standard InChI is InChI=1S/C16H31NO/c1-15(2,3)17-13-12-16(10-7-11-16)18-14-8-5-4-6-9-14/h14,17H,4-13H2,1-3H3. The zero-order chi connectivity index (χ0) is 13.1. The quantitative estimate of drug-likeness (QED) is 0.798. The molecule has 0 unspecified atom stereocenters. The number of hydrogen-bond acceptors (Lipinski definition) is 2. The summed E-state index contributed by atoms with van der Waals surface area (Å²) in [5, 5.41) is 3.60. The lowest BCUT2D eigenvalue weighted by molar-refractivity contribution is -0.151. The Balaban J connectivity index is 1.75. The number of ether oxygens (including phenoxy) is 1. The van der Waals surface area contributed by atoms with Gasteiger partial charge in [0, 0.05) is 5.54 Å². The van der Waals surface area contributed by atoms with Crippen molar-refractivity contribution in [3.05, 3.63) is 0 Å². The highest BCUT2D eigenvalue weighted by Crippen LogP contribution is 2.41. The average molecular weight is 253 g/mol. The van der Waals surface area contributed by atoms with Crippen LogP contribution in [0.25, 0.3) is 0 Å². The second kappa shape index (κ2) is 5.92. The van der Waals surface area contributed by atoms with E-state index in [4.69, 9.17) is 4.74 Å². The van der Waals surface area contributed by atoms with E-state index in [2.05, 4.69) is 26.1 Å². The molecule has 2 rings (SSSR count). The minimum Gasteiger partial charge on any atom is -0.372 e. The van der Waals surface area contributed by atoms with Gasteiger partial charge in [-0.25, -0.2) is 0 Å². The van der Waals surface area contributed by atoms with Crippen LogP contribution >= 0.6 is 0 Å². The van der Waals surface area contributed by atoms with E-state index in [1.165, 1.54) is 57.8 Å². The normalized spacial score (nSPS) is 24.8. The maximum atomic E-state index is 6.49. The molecule has 2 aliphatic rings. The molecule has 0 aromatic rings. The van der Waals surface area contributed by atoms with Crippen molar-refractivity contribution in [2.24, 2.45) is 0 Å². The zero-order valence-electron chi connectivity index (χ0n) is 12.6. The highest BCUT2D eigenvalue weighted by atomic mass is 16.5. The third-order valence-electron chi connectivity index (χ3n) is 4.47. The van der Waals surface area contributed by atoms with Gasteiger partial charge in [0.1, 0.15) is 0 Å². The average Bonchev–Trinajstić information content (AvgIpc) is 2.25. The number of rotatable bonds is 5. The Kier molecular flexibility index (Phi) is 4.71.